The zero-order valence-corrected chi connectivity index (χ0v) is 16.2. The van der Waals surface area contributed by atoms with Gasteiger partial charge in [0.1, 0.15) is 5.82 Å². The van der Waals surface area contributed by atoms with Gasteiger partial charge in [0.05, 0.1) is 18.1 Å². The predicted octanol–water partition coefficient (Wildman–Crippen LogP) is 3.51. The second kappa shape index (κ2) is 8.57. The van der Waals surface area contributed by atoms with E-state index in [9.17, 15) is 4.79 Å². The van der Waals surface area contributed by atoms with Crippen LogP contribution < -0.4 is 4.90 Å². The number of pyridine rings is 1. The molecule has 144 valence electrons. The van der Waals surface area contributed by atoms with Gasteiger partial charge in [0.2, 0.25) is 5.91 Å². The molecule has 1 saturated heterocycles. The lowest BCUT2D eigenvalue weighted by Gasteiger charge is -2.35. The molecule has 0 aliphatic carbocycles. The van der Waals surface area contributed by atoms with Crippen LogP contribution in [0.3, 0.4) is 0 Å². The molecule has 5 heteroatoms. The summed E-state index contributed by atoms with van der Waals surface area (Å²) >= 11 is 0. The number of nitriles is 1. The second-order valence-corrected chi connectivity index (χ2v) is 7.12. The number of hydrogen-bond donors (Lipinski definition) is 0. The minimum absolute atomic E-state index is 0.155. The molecule has 0 saturated carbocycles. The molecule has 0 spiro atoms. The molecule has 0 unspecified atom stereocenters. The van der Waals surface area contributed by atoms with Crippen LogP contribution in [-0.2, 0) is 11.2 Å². The lowest BCUT2D eigenvalue weighted by atomic mass is 10.0. The lowest BCUT2D eigenvalue weighted by molar-refractivity contribution is -0.130. The Kier molecular flexibility index (Phi) is 5.53. The quantitative estimate of drug-likeness (QED) is 0.693. The molecule has 1 aliphatic rings. The second-order valence-electron chi connectivity index (χ2n) is 7.12. The largest absolute Gasteiger partial charge is 0.353 e. The number of carbonyl (C=O) groups is 1. The summed E-state index contributed by atoms with van der Waals surface area (Å²) in [6, 6.07) is 23.6. The van der Waals surface area contributed by atoms with Crippen molar-refractivity contribution in [3.05, 3.63) is 84.1 Å². The molecule has 0 bridgehead atoms. The number of piperazine rings is 1. The first kappa shape index (κ1) is 18.7. The highest BCUT2D eigenvalue weighted by molar-refractivity contribution is 5.80. The number of rotatable bonds is 4. The smallest absolute Gasteiger partial charge is 0.227 e. The van der Waals surface area contributed by atoms with Crippen LogP contribution in [0.1, 0.15) is 11.1 Å². The third-order valence-electron chi connectivity index (χ3n) is 5.24. The maximum atomic E-state index is 12.8. The van der Waals surface area contributed by atoms with Gasteiger partial charge in [0.25, 0.3) is 0 Å². The van der Waals surface area contributed by atoms with Crippen LogP contribution in [0.4, 0.5) is 5.82 Å². The fraction of sp³-hybridized carbons (Fsp3) is 0.208. The highest BCUT2D eigenvalue weighted by Crippen LogP contribution is 2.22. The SMILES string of the molecule is N#Cc1ccc(-c2cccc(CC(=O)N3CCN(c4ccccn4)CC3)c2)cc1. The molecule has 1 aromatic heterocycles. The Morgan fingerprint density at radius 3 is 2.41 bits per heavy atom. The number of aromatic nitrogens is 1. The number of amides is 1. The maximum Gasteiger partial charge on any atom is 0.227 e. The molecular weight excluding hydrogens is 360 g/mol. The van der Waals surface area contributed by atoms with Gasteiger partial charge in [-0.25, -0.2) is 4.98 Å². The topological polar surface area (TPSA) is 60.2 Å². The van der Waals surface area contributed by atoms with Crippen LogP contribution in [0.15, 0.2) is 72.9 Å². The van der Waals surface area contributed by atoms with Crippen molar-refractivity contribution in [1.82, 2.24) is 9.88 Å². The number of benzene rings is 2. The van der Waals surface area contributed by atoms with Gasteiger partial charge >= 0.3 is 0 Å². The first-order valence-electron chi connectivity index (χ1n) is 9.76. The van der Waals surface area contributed by atoms with Crippen molar-refractivity contribution in [2.45, 2.75) is 6.42 Å². The van der Waals surface area contributed by atoms with E-state index in [1.165, 1.54) is 0 Å². The van der Waals surface area contributed by atoms with Crippen molar-refractivity contribution in [3.63, 3.8) is 0 Å². The predicted molar refractivity (Wildman–Crippen MR) is 113 cm³/mol. The monoisotopic (exact) mass is 382 g/mol. The molecule has 2 heterocycles. The van der Waals surface area contributed by atoms with Crippen molar-refractivity contribution in [3.8, 4) is 17.2 Å². The molecule has 4 rings (SSSR count). The number of anilines is 1. The average Bonchev–Trinajstić information content (AvgIpc) is 2.80. The van der Waals surface area contributed by atoms with Gasteiger partial charge in [-0.3, -0.25) is 4.79 Å². The zero-order valence-electron chi connectivity index (χ0n) is 16.2. The van der Waals surface area contributed by atoms with Crippen molar-refractivity contribution in [2.24, 2.45) is 0 Å². The summed E-state index contributed by atoms with van der Waals surface area (Å²) in [6.07, 6.45) is 2.20. The van der Waals surface area contributed by atoms with Gasteiger partial charge in [0, 0.05) is 32.4 Å². The van der Waals surface area contributed by atoms with Gasteiger partial charge in [-0.05, 0) is 41.0 Å². The Hall–Kier alpha value is -3.65. The van der Waals surface area contributed by atoms with E-state index in [0.717, 1.165) is 35.6 Å². The van der Waals surface area contributed by atoms with Crippen LogP contribution in [-0.4, -0.2) is 42.0 Å². The summed E-state index contributed by atoms with van der Waals surface area (Å²) in [4.78, 5) is 21.3. The molecule has 1 fully saturated rings. The van der Waals surface area contributed by atoms with E-state index >= 15 is 0 Å². The zero-order chi connectivity index (χ0) is 20.1. The summed E-state index contributed by atoms with van der Waals surface area (Å²) in [5.41, 5.74) is 3.75. The summed E-state index contributed by atoms with van der Waals surface area (Å²) in [7, 11) is 0. The normalized spacial score (nSPS) is 13.8. The number of carbonyl (C=O) groups excluding carboxylic acids is 1. The van der Waals surface area contributed by atoms with E-state index in [4.69, 9.17) is 5.26 Å². The number of nitrogens with zero attached hydrogens (tertiary/aromatic N) is 4. The van der Waals surface area contributed by atoms with Gasteiger partial charge in [-0.2, -0.15) is 5.26 Å². The summed E-state index contributed by atoms with van der Waals surface area (Å²) in [6.45, 7) is 3.03. The Bertz CT molecular complexity index is 1020. The van der Waals surface area contributed by atoms with Crippen LogP contribution >= 0.6 is 0 Å². The highest BCUT2D eigenvalue weighted by atomic mass is 16.2. The maximum absolute atomic E-state index is 12.8. The van der Waals surface area contributed by atoms with Crippen LogP contribution in [0, 0.1) is 11.3 Å². The Morgan fingerprint density at radius 2 is 1.72 bits per heavy atom. The number of hydrogen-bond acceptors (Lipinski definition) is 4. The fourth-order valence-corrected chi connectivity index (χ4v) is 3.61. The van der Waals surface area contributed by atoms with Crippen LogP contribution in [0.2, 0.25) is 0 Å². The van der Waals surface area contributed by atoms with E-state index in [1.807, 2.05) is 65.6 Å². The molecule has 1 amide bonds. The van der Waals surface area contributed by atoms with Gasteiger partial charge in [-0.1, -0.05) is 42.5 Å². The average molecular weight is 382 g/mol. The van der Waals surface area contributed by atoms with E-state index in [0.29, 0.717) is 25.1 Å². The third-order valence-corrected chi connectivity index (χ3v) is 5.24. The van der Waals surface area contributed by atoms with Crippen molar-refractivity contribution < 1.29 is 4.79 Å². The summed E-state index contributed by atoms with van der Waals surface area (Å²) in [5.74, 6) is 1.12. The molecule has 2 aromatic carbocycles. The standard InChI is InChI=1S/C24H22N4O/c25-18-19-7-9-21(10-8-19)22-5-3-4-20(16-22)17-24(29)28-14-12-27(13-15-28)23-6-1-2-11-26-23/h1-11,16H,12-15,17H2. The van der Waals surface area contributed by atoms with E-state index in [2.05, 4.69) is 22.0 Å². The molecule has 1 aliphatic heterocycles. The van der Waals surface area contributed by atoms with Gasteiger partial charge in [-0.15, -0.1) is 0 Å². The summed E-state index contributed by atoms with van der Waals surface area (Å²) in [5, 5.41) is 8.95. The van der Waals surface area contributed by atoms with E-state index < -0.39 is 0 Å². The van der Waals surface area contributed by atoms with Crippen molar-refractivity contribution >= 4 is 11.7 Å². The minimum atomic E-state index is 0.155. The molecule has 0 atom stereocenters. The van der Waals surface area contributed by atoms with E-state index in [1.54, 1.807) is 6.20 Å². The Balaban J connectivity index is 1.38. The first-order chi connectivity index (χ1) is 14.2. The van der Waals surface area contributed by atoms with Crippen molar-refractivity contribution in [2.75, 3.05) is 31.1 Å². The Labute approximate surface area is 170 Å². The van der Waals surface area contributed by atoms with Crippen molar-refractivity contribution in [1.29, 1.82) is 5.26 Å². The molecule has 5 nitrogen and oxygen atoms in total. The summed E-state index contributed by atoms with van der Waals surface area (Å²) < 4.78 is 0. The third kappa shape index (κ3) is 4.44. The molecule has 29 heavy (non-hydrogen) atoms. The van der Waals surface area contributed by atoms with Crippen LogP contribution in [0.25, 0.3) is 11.1 Å². The van der Waals surface area contributed by atoms with Crippen LogP contribution in [0.5, 0.6) is 0 Å². The molecule has 0 radical (unpaired) electrons. The van der Waals surface area contributed by atoms with Gasteiger partial charge < -0.3 is 9.80 Å². The molecule has 3 aromatic rings. The van der Waals surface area contributed by atoms with E-state index in [-0.39, 0.29) is 5.91 Å². The Morgan fingerprint density at radius 1 is 0.931 bits per heavy atom. The minimum Gasteiger partial charge on any atom is -0.353 e. The molecular formula is C24H22N4O. The lowest BCUT2D eigenvalue weighted by Crippen LogP contribution is -2.49. The first-order valence-corrected chi connectivity index (χ1v) is 9.76. The highest BCUT2D eigenvalue weighted by Gasteiger charge is 2.21. The fourth-order valence-electron chi connectivity index (χ4n) is 3.61. The van der Waals surface area contributed by atoms with Gasteiger partial charge in [0.15, 0.2) is 0 Å². The molecule has 0 N–H and O–H groups in total.